The van der Waals surface area contributed by atoms with Crippen molar-refractivity contribution in [3.8, 4) is 12.3 Å². The highest BCUT2D eigenvalue weighted by Crippen LogP contribution is 2.30. The van der Waals surface area contributed by atoms with E-state index in [2.05, 4.69) is 15.8 Å². The Labute approximate surface area is 103 Å². The van der Waals surface area contributed by atoms with Crippen LogP contribution in [0, 0.1) is 18.3 Å². The van der Waals surface area contributed by atoms with Gasteiger partial charge in [0, 0.05) is 18.8 Å². The third kappa shape index (κ3) is 3.21. The van der Waals surface area contributed by atoms with Crippen molar-refractivity contribution >= 4 is 5.82 Å². The van der Waals surface area contributed by atoms with E-state index in [1.807, 2.05) is 25.3 Å². The molecule has 0 amide bonds. The molecular formula is C14H19N3. The summed E-state index contributed by atoms with van der Waals surface area (Å²) >= 11 is 0. The predicted molar refractivity (Wildman–Crippen MR) is 70.6 cm³/mol. The van der Waals surface area contributed by atoms with Crippen molar-refractivity contribution in [3.05, 3.63) is 23.9 Å². The van der Waals surface area contributed by atoms with Gasteiger partial charge in [-0.05, 0) is 37.3 Å². The fraction of sp³-hybridized carbons (Fsp3) is 0.500. The zero-order chi connectivity index (χ0) is 12.3. The predicted octanol–water partition coefficient (Wildman–Crippen LogP) is 1.95. The number of rotatable bonds is 5. The molecule has 0 saturated heterocycles. The Hall–Kier alpha value is -1.53. The Kier molecular flexibility index (Phi) is 3.65. The summed E-state index contributed by atoms with van der Waals surface area (Å²) in [5.41, 5.74) is 6.86. The molecule has 2 rings (SSSR count). The first kappa shape index (κ1) is 11.9. The van der Waals surface area contributed by atoms with E-state index in [-0.39, 0.29) is 6.04 Å². The van der Waals surface area contributed by atoms with Gasteiger partial charge < -0.3 is 10.6 Å². The zero-order valence-electron chi connectivity index (χ0n) is 10.3. The molecule has 1 unspecified atom stereocenters. The lowest BCUT2D eigenvalue weighted by Crippen LogP contribution is -2.27. The summed E-state index contributed by atoms with van der Waals surface area (Å²) in [5.74, 6) is 4.46. The van der Waals surface area contributed by atoms with E-state index >= 15 is 0 Å². The second kappa shape index (κ2) is 5.20. The van der Waals surface area contributed by atoms with E-state index in [1.54, 1.807) is 0 Å². The molecule has 3 nitrogen and oxygen atoms in total. The molecule has 1 aromatic rings. The lowest BCUT2D eigenvalue weighted by atomic mass is 10.1. The average molecular weight is 229 g/mol. The van der Waals surface area contributed by atoms with Gasteiger partial charge in [0.15, 0.2) is 0 Å². The van der Waals surface area contributed by atoms with Gasteiger partial charge in [-0.2, -0.15) is 0 Å². The van der Waals surface area contributed by atoms with Crippen molar-refractivity contribution in [1.82, 2.24) is 4.98 Å². The van der Waals surface area contributed by atoms with Gasteiger partial charge in [-0.3, -0.25) is 0 Å². The van der Waals surface area contributed by atoms with E-state index in [4.69, 9.17) is 12.2 Å². The normalized spacial score (nSPS) is 16.3. The van der Waals surface area contributed by atoms with Gasteiger partial charge in [0.2, 0.25) is 0 Å². The first-order valence-electron chi connectivity index (χ1n) is 6.10. The molecule has 1 atom stereocenters. The van der Waals surface area contributed by atoms with Gasteiger partial charge in [-0.25, -0.2) is 4.98 Å². The number of terminal acetylenes is 1. The van der Waals surface area contributed by atoms with E-state index in [1.165, 1.54) is 12.8 Å². The first-order chi connectivity index (χ1) is 8.20. The Morgan fingerprint density at radius 1 is 1.59 bits per heavy atom. The van der Waals surface area contributed by atoms with Crippen molar-refractivity contribution < 1.29 is 0 Å². The van der Waals surface area contributed by atoms with Gasteiger partial charge >= 0.3 is 0 Å². The minimum atomic E-state index is 0.0288. The van der Waals surface area contributed by atoms with Gasteiger partial charge in [0.05, 0.1) is 6.54 Å². The smallest absolute Gasteiger partial charge is 0.129 e. The molecule has 1 aliphatic rings. The third-order valence-electron chi connectivity index (χ3n) is 3.08. The molecule has 0 bridgehead atoms. The number of anilines is 1. The van der Waals surface area contributed by atoms with Gasteiger partial charge in [-0.15, -0.1) is 6.42 Å². The van der Waals surface area contributed by atoms with E-state index < -0.39 is 0 Å². The van der Waals surface area contributed by atoms with Crippen molar-refractivity contribution in [1.29, 1.82) is 0 Å². The molecule has 1 heterocycles. The Bertz CT molecular complexity index is 398. The molecule has 1 aliphatic carbocycles. The van der Waals surface area contributed by atoms with Gasteiger partial charge in [-0.1, -0.05) is 12.0 Å². The highest BCUT2D eigenvalue weighted by Gasteiger charge is 2.24. The van der Waals surface area contributed by atoms with Crippen LogP contribution in [0.4, 0.5) is 5.82 Å². The summed E-state index contributed by atoms with van der Waals surface area (Å²) < 4.78 is 0. The molecule has 1 saturated carbocycles. The summed E-state index contributed by atoms with van der Waals surface area (Å²) in [6.07, 6.45) is 9.88. The molecule has 1 fully saturated rings. The summed E-state index contributed by atoms with van der Waals surface area (Å²) in [4.78, 5) is 6.62. The second-order valence-electron chi connectivity index (χ2n) is 4.77. The molecular weight excluding hydrogens is 210 g/mol. The topological polar surface area (TPSA) is 42.1 Å². The van der Waals surface area contributed by atoms with Crippen LogP contribution in [-0.2, 0) is 0 Å². The molecule has 0 radical (unpaired) electrons. The zero-order valence-corrected chi connectivity index (χ0v) is 10.3. The maximum atomic E-state index is 5.80. The van der Waals surface area contributed by atoms with Crippen LogP contribution in [0.3, 0.4) is 0 Å². The highest BCUT2D eigenvalue weighted by atomic mass is 15.2. The van der Waals surface area contributed by atoms with Crippen LogP contribution < -0.4 is 10.6 Å². The minimum Gasteiger partial charge on any atom is -0.345 e. The van der Waals surface area contributed by atoms with Crippen LogP contribution in [0.15, 0.2) is 18.3 Å². The molecule has 0 spiro atoms. The van der Waals surface area contributed by atoms with Crippen molar-refractivity contribution in [3.63, 3.8) is 0 Å². The van der Waals surface area contributed by atoms with Crippen molar-refractivity contribution in [2.24, 2.45) is 11.7 Å². The van der Waals surface area contributed by atoms with Crippen LogP contribution >= 0.6 is 0 Å². The summed E-state index contributed by atoms with van der Waals surface area (Å²) in [6.45, 7) is 3.61. The Balaban J connectivity index is 2.08. The fourth-order valence-electron chi connectivity index (χ4n) is 1.82. The first-order valence-corrected chi connectivity index (χ1v) is 6.10. The third-order valence-corrected chi connectivity index (χ3v) is 3.08. The Morgan fingerprint density at radius 2 is 2.35 bits per heavy atom. The molecule has 3 heteroatoms. The maximum absolute atomic E-state index is 5.80. The summed E-state index contributed by atoms with van der Waals surface area (Å²) in [5, 5.41) is 0. The number of hydrogen-bond donors (Lipinski definition) is 1. The molecule has 90 valence electrons. The van der Waals surface area contributed by atoms with Crippen LogP contribution in [0.25, 0.3) is 0 Å². The van der Waals surface area contributed by atoms with Gasteiger partial charge in [0.1, 0.15) is 5.82 Å². The molecule has 0 aromatic carbocycles. The summed E-state index contributed by atoms with van der Waals surface area (Å²) in [6, 6.07) is 4.07. The lowest BCUT2D eigenvalue weighted by Gasteiger charge is -2.21. The number of pyridine rings is 1. The Morgan fingerprint density at radius 3 is 2.82 bits per heavy atom. The van der Waals surface area contributed by atoms with Crippen LogP contribution in [-0.4, -0.2) is 18.1 Å². The maximum Gasteiger partial charge on any atom is 0.129 e. The minimum absolute atomic E-state index is 0.0288. The van der Waals surface area contributed by atoms with E-state index in [0.29, 0.717) is 6.54 Å². The molecule has 2 N–H and O–H groups in total. The number of aromatic nitrogens is 1. The monoisotopic (exact) mass is 229 g/mol. The van der Waals surface area contributed by atoms with E-state index in [9.17, 15) is 0 Å². The quantitative estimate of drug-likeness (QED) is 0.785. The molecule has 0 aliphatic heterocycles. The molecule has 1 aromatic heterocycles. The fourth-order valence-corrected chi connectivity index (χ4v) is 1.82. The SMILES string of the molecule is C#CCN(CC1CC1)c1ccc(C(C)N)cn1. The number of hydrogen-bond acceptors (Lipinski definition) is 3. The largest absolute Gasteiger partial charge is 0.345 e. The van der Waals surface area contributed by atoms with Gasteiger partial charge in [0.25, 0.3) is 0 Å². The van der Waals surface area contributed by atoms with Crippen molar-refractivity contribution in [2.45, 2.75) is 25.8 Å². The second-order valence-corrected chi connectivity index (χ2v) is 4.77. The lowest BCUT2D eigenvalue weighted by molar-refractivity contribution is 0.751. The number of nitrogens with zero attached hydrogens (tertiary/aromatic N) is 2. The van der Waals surface area contributed by atoms with Crippen LogP contribution in [0.5, 0.6) is 0 Å². The average Bonchev–Trinajstić information content (AvgIpc) is 3.13. The van der Waals surface area contributed by atoms with Crippen LogP contribution in [0.1, 0.15) is 31.4 Å². The van der Waals surface area contributed by atoms with E-state index in [0.717, 1.165) is 23.8 Å². The molecule has 17 heavy (non-hydrogen) atoms. The summed E-state index contributed by atoms with van der Waals surface area (Å²) in [7, 11) is 0. The standard InChI is InChI=1S/C14H19N3/c1-3-8-17(10-12-4-5-12)14-7-6-13(9-16-14)11(2)15/h1,6-7,9,11-12H,4-5,8,10,15H2,2H3. The highest BCUT2D eigenvalue weighted by molar-refractivity contribution is 5.41. The van der Waals surface area contributed by atoms with Crippen molar-refractivity contribution in [2.75, 3.05) is 18.0 Å². The van der Waals surface area contributed by atoms with Crippen LogP contribution in [0.2, 0.25) is 0 Å². The number of nitrogens with two attached hydrogens (primary N) is 1.